The van der Waals surface area contributed by atoms with Crippen LogP contribution in [0.25, 0.3) is 0 Å². The van der Waals surface area contributed by atoms with Gasteiger partial charge in [0.1, 0.15) is 0 Å². The molecule has 0 unspecified atom stereocenters. The van der Waals surface area contributed by atoms with E-state index >= 15 is 0 Å². The molecule has 1 aliphatic rings. The molecule has 14 heavy (non-hydrogen) atoms. The van der Waals surface area contributed by atoms with Crippen LogP contribution >= 0.6 is 12.2 Å². The van der Waals surface area contributed by atoms with Crippen molar-refractivity contribution in [2.24, 2.45) is 5.73 Å². The topological polar surface area (TPSA) is 66.6 Å². The molecule has 1 saturated heterocycles. The van der Waals surface area contributed by atoms with Crippen molar-refractivity contribution in [1.29, 1.82) is 0 Å². The highest BCUT2D eigenvalue weighted by Gasteiger charge is 2.29. The van der Waals surface area contributed by atoms with Crippen molar-refractivity contribution in [3.05, 3.63) is 0 Å². The van der Waals surface area contributed by atoms with Crippen LogP contribution in [0.15, 0.2) is 0 Å². The normalized spacial score (nSPS) is 20.6. The van der Waals surface area contributed by atoms with Crippen LogP contribution in [0.5, 0.6) is 0 Å². The Morgan fingerprint density at radius 3 is 2.50 bits per heavy atom. The summed E-state index contributed by atoms with van der Waals surface area (Å²) in [6.07, 6.45) is 1.38. The van der Waals surface area contributed by atoms with Crippen molar-refractivity contribution in [2.75, 3.05) is 13.1 Å². The Morgan fingerprint density at radius 2 is 2.07 bits per heavy atom. The van der Waals surface area contributed by atoms with Gasteiger partial charge in [-0.25, -0.2) is 0 Å². The Labute approximate surface area is 89.1 Å². The Balaban J connectivity index is 2.42. The quantitative estimate of drug-likeness (QED) is 0.639. The van der Waals surface area contributed by atoms with Gasteiger partial charge in [0.25, 0.3) is 0 Å². The Bertz CT molecular complexity index is 243. The highest BCUT2D eigenvalue weighted by atomic mass is 32.1. The number of nitrogens with zero attached hydrogens (tertiary/aromatic N) is 1. The van der Waals surface area contributed by atoms with Crippen molar-refractivity contribution in [1.82, 2.24) is 4.90 Å². The van der Waals surface area contributed by atoms with Gasteiger partial charge in [0, 0.05) is 13.1 Å². The van der Waals surface area contributed by atoms with Gasteiger partial charge in [-0.1, -0.05) is 12.2 Å². The van der Waals surface area contributed by atoms with Crippen LogP contribution in [0, 0.1) is 0 Å². The highest BCUT2D eigenvalue weighted by Crippen LogP contribution is 2.21. The number of nitrogens with two attached hydrogens (primary N) is 1. The molecule has 3 N–H and O–H groups in total. The first-order chi connectivity index (χ1) is 6.41. The first kappa shape index (κ1) is 11.4. The molecule has 0 atom stereocenters. The lowest BCUT2D eigenvalue weighted by atomic mass is 9.94. The van der Waals surface area contributed by atoms with Gasteiger partial charge in [-0.2, -0.15) is 0 Å². The fourth-order valence-electron chi connectivity index (χ4n) is 1.50. The lowest BCUT2D eigenvalue weighted by Gasteiger charge is -2.35. The average Bonchev–Trinajstić information content (AvgIpc) is 2.02. The van der Waals surface area contributed by atoms with Crippen molar-refractivity contribution in [3.63, 3.8) is 0 Å². The average molecular weight is 216 g/mol. The molecule has 0 aromatic heterocycles. The summed E-state index contributed by atoms with van der Waals surface area (Å²) in [6.45, 7) is 2.98. The lowest BCUT2D eigenvalue weighted by Crippen LogP contribution is -2.45. The minimum Gasteiger partial charge on any atom is -0.393 e. The molecular formula is C9H16N2O2S. The smallest absolute Gasteiger partial charge is 0.229 e. The molecule has 1 heterocycles. The van der Waals surface area contributed by atoms with E-state index in [1.54, 1.807) is 11.8 Å². The predicted octanol–water partition coefficient (Wildman–Crippen LogP) is 0.0360. The maximum atomic E-state index is 11.5. The lowest BCUT2D eigenvalue weighted by molar-refractivity contribution is -0.133. The summed E-state index contributed by atoms with van der Waals surface area (Å²) in [5.41, 5.74) is 4.66. The molecule has 1 amide bonds. The molecule has 4 nitrogen and oxygen atoms in total. The van der Waals surface area contributed by atoms with E-state index in [1.807, 2.05) is 0 Å². The zero-order valence-corrected chi connectivity index (χ0v) is 9.14. The maximum absolute atomic E-state index is 11.5. The van der Waals surface area contributed by atoms with E-state index in [4.69, 9.17) is 5.73 Å². The van der Waals surface area contributed by atoms with E-state index in [2.05, 4.69) is 12.2 Å². The number of hydrogen-bond acceptors (Lipinski definition) is 3. The third kappa shape index (κ3) is 3.23. The summed E-state index contributed by atoms with van der Waals surface area (Å²) in [6, 6.07) is 0. The van der Waals surface area contributed by atoms with Gasteiger partial charge in [0.05, 0.1) is 17.0 Å². The zero-order chi connectivity index (χ0) is 10.8. The Hall–Kier alpha value is -0.680. The van der Waals surface area contributed by atoms with Crippen LogP contribution < -0.4 is 5.73 Å². The summed E-state index contributed by atoms with van der Waals surface area (Å²) in [5, 5.41) is 9.67. The van der Waals surface area contributed by atoms with E-state index in [1.165, 1.54) is 0 Å². The number of carbonyl (C=O) groups excluding carboxylic acids is 1. The zero-order valence-electron chi connectivity index (χ0n) is 8.32. The van der Waals surface area contributed by atoms with Crippen LogP contribution in [0.3, 0.4) is 0 Å². The predicted molar refractivity (Wildman–Crippen MR) is 57.8 cm³/mol. The molecule has 1 fully saturated rings. The van der Waals surface area contributed by atoms with Crippen LogP contribution in [0.1, 0.15) is 26.2 Å². The monoisotopic (exact) mass is 216 g/mol. The van der Waals surface area contributed by atoms with Gasteiger partial charge in [-0.15, -0.1) is 0 Å². The summed E-state index contributed by atoms with van der Waals surface area (Å²) >= 11 is 4.67. The van der Waals surface area contributed by atoms with Gasteiger partial charge in [0.15, 0.2) is 0 Å². The number of aliphatic hydroxyl groups is 1. The molecule has 80 valence electrons. The number of thiocarbonyl (C=S) groups is 1. The minimum atomic E-state index is -0.625. The Morgan fingerprint density at radius 1 is 1.57 bits per heavy atom. The molecule has 0 saturated carbocycles. The molecule has 0 bridgehead atoms. The number of carbonyl (C=O) groups is 1. The third-order valence-electron chi connectivity index (χ3n) is 2.52. The second-order valence-electron chi connectivity index (χ2n) is 4.02. The van der Waals surface area contributed by atoms with Crippen LogP contribution in [0.4, 0.5) is 0 Å². The minimum absolute atomic E-state index is 0.0343. The summed E-state index contributed by atoms with van der Waals surface area (Å²) in [4.78, 5) is 13.4. The number of amides is 1. The fraction of sp³-hybridized carbons (Fsp3) is 0.778. The number of likely N-dealkylation sites (tertiary alicyclic amines) is 1. The standard InChI is InChI=1S/C9H16N2O2S/c1-9(13)2-4-11(5-3-9)8(12)6-7(10)14/h13H,2-6H2,1H3,(H2,10,14). The van der Waals surface area contributed by atoms with Gasteiger partial charge in [0.2, 0.25) is 5.91 Å². The molecule has 0 radical (unpaired) electrons. The second-order valence-corrected chi connectivity index (χ2v) is 4.55. The highest BCUT2D eigenvalue weighted by molar-refractivity contribution is 7.80. The van der Waals surface area contributed by atoms with Crippen molar-refractivity contribution < 1.29 is 9.90 Å². The summed E-state index contributed by atoms with van der Waals surface area (Å²) in [7, 11) is 0. The van der Waals surface area contributed by atoms with Gasteiger partial charge in [-0.05, 0) is 19.8 Å². The van der Waals surface area contributed by atoms with E-state index in [-0.39, 0.29) is 17.3 Å². The molecule has 0 aromatic carbocycles. The Kier molecular flexibility index (Phi) is 3.44. The molecule has 0 spiro atoms. The largest absolute Gasteiger partial charge is 0.393 e. The SMILES string of the molecule is CC1(O)CCN(C(=O)CC(N)=S)CC1. The van der Waals surface area contributed by atoms with Crippen molar-refractivity contribution in [3.8, 4) is 0 Å². The molecule has 0 aromatic rings. The molecule has 5 heteroatoms. The second kappa shape index (κ2) is 4.23. The van der Waals surface area contributed by atoms with Crippen LogP contribution in [0.2, 0.25) is 0 Å². The van der Waals surface area contributed by atoms with Crippen molar-refractivity contribution in [2.45, 2.75) is 31.8 Å². The molecular weight excluding hydrogens is 200 g/mol. The summed E-state index contributed by atoms with van der Waals surface area (Å²) in [5.74, 6) is -0.0343. The molecule has 1 rings (SSSR count). The van der Waals surface area contributed by atoms with E-state index in [0.29, 0.717) is 25.9 Å². The first-order valence-electron chi connectivity index (χ1n) is 4.69. The van der Waals surface area contributed by atoms with E-state index < -0.39 is 5.60 Å². The van der Waals surface area contributed by atoms with Gasteiger partial charge in [-0.3, -0.25) is 4.79 Å². The number of hydrogen-bond donors (Lipinski definition) is 2. The van der Waals surface area contributed by atoms with Gasteiger partial charge >= 0.3 is 0 Å². The van der Waals surface area contributed by atoms with Crippen LogP contribution in [-0.4, -0.2) is 39.6 Å². The molecule has 1 aliphatic heterocycles. The van der Waals surface area contributed by atoms with E-state index in [0.717, 1.165) is 0 Å². The fourth-order valence-corrected chi connectivity index (χ4v) is 1.62. The number of rotatable bonds is 2. The van der Waals surface area contributed by atoms with E-state index in [9.17, 15) is 9.90 Å². The van der Waals surface area contributed by atoms with Crippen molar-refractivity contribution >= 4 is 23.1 Å². The maximum Gasteiger partial charge on any atom is 0.229 e. The number of piperidine rings is 1. The summed E-state index contributed by atoms with van der Waals surface area (Å²) < 4.78 is 0. The first-order valence-corrected chi connectivity index (χ1v) is 5.10. The third-order valence-corrected chi connectivity index (χ3v) is 2.66. The van der Waals surface area contributed by atoms with Gasteiger partial charge < -0.3 is 15.7 Å². The molecule has 0 aliphatic carbocycles. The van der Waals surface area contributed by atoms with Crippen LogP contribution in [-0.2, 0) is 4.79 Å².